The number of pyridine rings is 1. The molecule has 17 heteroatoms. The zero-order valence-electron chi connectivity index (χ0n) is 37.6. The fourth-order valence-corrected chi connectivity index (χ4v) is 8.60. The number of alkyl halides is 3. The van der Waals surface area contributed by atoms with Crippen LogP contribution in [0.4, 0.5) is 33.9 Å². The van der Waals surface area contributed by atoms with Crippen molar-refractivity contribution in [1.82, 2.24) is 20.5 Å². The van der Waals surface area contributed by atoms with Crippen molar-refractivity contribution < 1.29 is 46.2 Å². The Balaban J connectivity index is 1.15. The maximum Gasteiger partial charge on any atom is 0.573 e. The number of hydrogen-bond acceptors (Lipinski definition) is 9. The molecule has 2 fully saturated rings. The minimum Gasteiger partial charge on any atom is -0.453 e. The van der Waals surface area contributed by atoms with Crippen LogP contribution < -0.4 is 26.0 Å². The molecule has 3 heterocycles. The molecule has 1 aromatic carbocycles. The number of hydrogen-bond donors (Lipinski definition) is 4. The Morgan fingerprint density at radius 2 is 1.69 bits per heavy atom. The van der Waals surface area contributed by atoms with Crippen LogP contribution in [-0.2, 0) is 14.3 Å². The molecule has 1 saturated carbocycles. The van der Waals surface area contributed by atoms with Crippen molar-refractivity contribution in [1.29, 1.82) is 0 Å². The second-order valence-electron chi connectivity index (χ2n) is 18.5. The van der Waals surface area contributed by atoms with Gasteiger partial charge in [-0.05, 0) is 104 Å². The summed E-state index contributed by atoms with van der Waals surface area (Å²) in [7, 11) is 1.25. The second-order valence-corrected chi connectivity index (χ2v) is 18.5. The molecule has 1 aromatic heterocycles. The van der Waals surface area contributed by atoms with Crippen molar-refractivity contribution in [3.63, 3.8) is 0 Å². The lowest BCUT2D eigenvalue weighted by atomic mass is 9.86. The van der Waals surface area contributed by atoms with Gasteiger partial charge in [-0.1, -0.05) is 53.7 Å². The number of aliphatic imine (C=N–C) groups is 1. The molecule has 6 rings (SSSR count). The lowest BCUT2D eigenvalue weighted by Crippen LogP contribution is -2.54. The van der Waals surface area contributed by atoms with Crippen LogP contribution in [0.5, 0.6) is 5.75 Å². The molecule has 0 bridgehead atoms. The lowest BCUT2D eigenvalue weighted by molar-refractivity contribution is -0.274. The minimum absolute atomic E-state index is 0.00129. The Kier molecular flexibility index (Phi) is 14.6. The molecule has 346 valence electrons. The van der Waals surface area contributed by atoms with Crippen molar-refractivity contribution in [3.05, 3.63) is 76.9 Å². The fraction of sp³-hybridized carbons (Fsp3) is 0.532. The maximum absolute atomic E-state index is 15.7. The number of ether oxygens (including phenoxy) is 2. The number of alkyl carbamates (subject to hydrolysis) is 1. The molecule has 13 nitrogen and oxygen atoms in total. The minimum atomic E-state index is -5.10. The van der Waals surface area contributed by atoms with Gasteiger partial charge in [-0.2, -0.15) is 0 Å². The molecule has 4 amide bonds. The number of methoxy groups -OCH3 is 1. The topological polar surface area (TPSA) is 163 Å². The number of aromatic nitrogens is 1. The molecule has 2 aliphatic heterocycles. The molecule has 4 N–H and O–H groups in total. The monoisotopic (exact) mass is 893 g/mol. The number of anilines is 2. The van der Waals surface area contributed by atoms with Gasteiger partial charge in [0, 0.05) is 54.8 Å². The zero-order valence-corrected chi connectivity index (χ0v) is 37.6. The third kappa shape index (κ3) is 11.7. The van der Waals surface area contributed by atoms with E-state index in [1.165, 1.54) is 25.4 Å². The van der Waals surface area contributed by atoms with Gasteiger partial charge in [0.05, 0.1) is 24.4 Å². The van der Waals surface area contributed by atoms with E-state index in [9.17, 15) is 32.3 Å². The number of likely N-dealkylation sites (tertiary alicyclic amines) is 1. The van der Waals surface area contributed by atoms with E-state index in [4.69, 9.17) is 9.73 Å². The Morgan fingerprint density at radius 3 is 2.30 bits per heavy atom. The van der Waals surface area contributed by atoms with Gasteiger partial charge in [0.1, 0.15) is 23.4 Å². The molecule has 4 aliphatic rings. The van der Waals surface area contributed by atoms with E-state index in [1.54, 1.807) is 12.2 Å². The summed E-state index contributed by atoms with van der Waals surface area (Å²) in [4.78, 5) is 62.5. The van der Waals surface area contributed by atoms with Crippen LogP contribution >= 0.6 is 0 Å². The van der Waals surface area contributed by atoms with Crippen molar-refractivity contribution in [2.75, 3.05) is 30.8 Å². The van der Waals surface area contributed by atoms with Crippen molar-refractivity contribution in [2.24, 2.45) is 34.1 Å². The molecule has 6 unspecified atom stereocenters. The summed E-state index contributed by atoms with van der Waals surface area (Å²) in [6.07, 6.45) is 4.45. The largest absolute Gasteiger partial charge is 0.573 e. The molecule has 2 aromatic rings. The Labute approximate surface area is 371 Å². The van der Waals surface area contributed by atoms with Crippen LogP contribution in [0.1, 0.15) is 103 Å². The third-order valence-corrected chi connectivity index (χ3v) is 12.5. The highest BCUT2D eigenvalue weighted by molar-refractivity contribution is 6.04. The van der Waals surface area contributed by atoms with E-state index in [0.29, 0.717) is 37.3 Å². The Morgan fingerprint density at radius 1 is 0.984 bits per heavy atom. The smallest absolute Gasteiger partial charge is 0.453 e. The van der Waals surface area contributed by atoms with Crippen LogP contribution in [0.2, 0.25) is 0 Å². The maximum atomic E-state index is 15.7. The van der Waals surface area contributed by atoms with Gasteiger partial charge in [0.2, 0.25) is 11.8 Å². The van der Waals surface area contributed by atoms with E-state index in [0.717, 1.165) is 48.3 Å². The highest BCUT2D eigenvalue weighted by Gasteiger charge is 2.50. The Hall–Kier alpha value is -5.74. The van der Waals surface area contributed by atoms with Crippen molar-refractivity contribution >= 4 is 46.6 Å². The molecular formula is C47H59F4N7O6. The first-order valence-corrected chi connectivity index (χ1v) is 21.9. The van der Waals surface area contributed by atoms with Gasteiger partial charge in [-0.25, -0.2) is 14.2 Å². The third-order valence-electron chi connectivity index (χ3n) is 12.5. The quantitative estimate of drug-likeness (QED) is 0.137. The number of halogens is 4. The van der Waals surface area contributed by atoms with E-state index in [1.807, 2.05) is 45.7 Å². The van der Waals surface area contributed by atoms with Crippen LogP contribution in [0.15, 0.2) is 65.0 Å². The van der Waals surface area contributed by atoms with E-state index >= 15 is 4.39 Å². The summed E-state index contributed by atoms with van der Waals surface area (Å²) in [5.41, 5.74) is 2.63. The number of nitrogens with zero attached hydrogens (tertiary/aromatic N) is 3. The average Bonchev–Trinajstić information content (AvgIpc) is 3.79. The molecule has 0 spiro atoms. The summed E-state index contributed by atoms with van der Waals surface area (Å²) in [6.45, 7) is 14.7. The van der Waals surface area contributed by atoms with Crippen molar-refractivity contribution in [2.45, 2.75) is 111 Å². The zero-order chi connectivity index (χ0) is 46.7. The van der Waals surface area contributed by atoms with Gasteiger partial charge in [-0.15, -0.1) is 13.2 Å². The fourth-order valence-electron chi connectivity index (χ4n) is 8.60. The Bertz CT molecular complexity index is 2240. The first kappa shape index (κ1) is 47.7. The highest BCUT2D eigenvalue weighted by Crippen LogP contribution is 2.51. The first-order chi connectivity index (χ1) is 30.1. The second kappa shape index (κ2) is 19.6. The summed E-state index contributed by atoms with van der Waals surface area (Å²) in [5, 5.41) is 11.1. The van der Waals surface area contributed by atoms with E-state index < -0.39 is 41.7 Å². The number of nitrogens with one attached hydrogen (secondary N) is 4. The normalized spacial score (nSPS) is 22.7. The van der Waals surface area contributed by atoms with Gasteiger partial charge >= 0.3 is 12.5 Å². The molecule has 64 heavy (non-hydrogen) atoms. The van der Waals surface area contributed by atoms with Crippen LogP contribution in [0, 0.1) is 34.9 Å². The number of rotatable bonds is 14. The van der Waals surface area contributed by atoms with Crippen LogP contribution in [0.3, 0.4) is 0 Å². The molecule has 0 radical (unpaired) electrons. The standard InChI is InChI=1S/C47H59F4N7O6/c1-25(2)40(57-45(62)63-8)44(61)58-24-26(3)17-37(58)41-27(4)9-10-31(22-54-41)29-11-13-30(14-12-29)33-18-35(48)36(19-38(33)64-47(49,50)51)56-42(59)32-15-16-39(53-23-32)52-21-28(5)55-43(60)34-20-46(34,6)7/h11,13,15-16,18-19,22-23,25-28,34,37,40H,9-10,12,14,17,20-21,24H2,1-8H3,(H,52,53)(H,55,60)(H,56,59)(H,57,62). The number of carbonyl (C=O) groups is 4. The van der Waals surface area contributed by atoms with Gasteiger partial charge < -0.3 is 35.6 Å². The van der Waals surface area contributed by atoms with E-state index in [2.05, 4.69) is 44.8 Å². The van der Waals surface area contributed by atoms with E-state index in [-0.39, 0.29) is 70.5 Å². The van der Waals surface area contributed by atoms with Crippen LogP contribution in [-0.4, -0.2) is 84.1 Å². The van der Waals surface area contributed by atoms with Gasteiger partial charge in [-0.3, -0.25) is 19.4 Å². The SMILES string of the molecule is COC(=O)NC(C(=O)N1CC(C)CC1C1=NC=C(C2=CC=C(c3cc(F)c(NC(=O)c4ccc(NCC(C)NC(=O)C5CC5(C)C)nc4)cc3OC(F)(F)F)CC2)CCC1C)C(C)C. The summed E-state index contributed by atoms with van der Waals surface area (Å²) in [5.74, 6) is -2.11. The molecule has 6 atom stereocenters. The molecule has 1 saturated heterocycles. The number of allylic oxidation sites excluding steroid dienone is 5. The predicted molar refractivity (Wildman–Crippen MR) is 236 cm³/mol. The average molecular weight is 894 g/mol. The number of carbonyl (C=O) groups excluding carboxylic acids is 4. The lowest BCUT2D eigenvalue weighted by Gasteiger charge is -2.32. The summed E-state index contributed by atoms with van der Waals surface area (Å²) in [6, 6.07) is 3.52. The molecular weight excluding hydrogens is 835 g/mol. The summed E-state index contributed by atoms with van der Waals surface area (Å²) < 4.78 is 66.1. The summed E-state index contributed by atoms with van der Waals surface area (Å²) >= 11 is 0. The number of amides is 4. The number of benzene rings is 1. The van der Waals surface area contributed by atoms with Gasteiger partial charge in [0.25, 0.3) is 5.91 Å². The van der Waals surface area contributed by atoms with Crippen molar-refractivity contribution in [3.8, 4) is 5.75 Å². The predicted octanol–water partition coefficient (Wildman–Crippen LogP) is 8.81. The highest BCUT2D eigenvalue weighted by atomic mass is 19.4. The van der Waals surface area contributed by atoms with Crippen LogP contribution in [0.25, 0.3) is 5.57 Å². The first-order valence-electron chi connectivity index (χ1n) is 21.9. The molecule has 2 aliphatic carbocycles. The van der Waals surface area contributed by atoms with Gasteiger partial charge in [0.15, 0.2) is 0 Å².